The fourth-order valence-corrected chi connectivity index (χ4v) is 3.35. The minimum atomic E-state index is -0.835. The van der Waals surface area contributed by atoms with Crippen LogP contribution in [0, 0.1) is 0 Å². The Morgan fingerprint density at radius 1 is 1.13 bits per heavy atom. The number of benzene rings is 2. The zero-order chi connectivity index (χ0) is 16.0. The number of halogens is 1. The summed E-state index contributed by atoms with van der Waals surface area (Å²) in [6, 6.07) is 14.1. The molecule has 0 spiro atoms. The van der Waals surface area contributed by atoms with Gasteiger partial charge in [-0.05, 0) is 42.0 Å². The van der Waals surface area contributed by atoms with Crippen LogP contribution in [-0.4, -0.2) is 17.7 Å². The number of aliphatic imine (C=N–C) groups is 1. The molecule has 2 aromatic carbocycles. The molecule has 1 atom stereocenters. The van der Waals surface area contributed by atoms with E-state index in [4.69, 9.17) is 17.3 Å². The van der Waals surface area contributed by atoms with Crippen molar-refractivity contribution in [3.05, 3.63) is 69.7 Å². The van der Waals surface area contributed by atoms with Gasteiger partial charge in [-0.2, -0.15) is 0 Å². The molecule has 23 heavy (non-hydrogen) atoms. The molecule has 1 unspecified atom stereocenters. The molecule has 4 rings (SSSR count). The van der Waals surface area contributed by atoms with E-state index in [9.17, 15) is 4.79 Å². The first kappa shape index (κ1) is 14.6. The van der Waals surface area contributed by atoms with E-state index in [0.717, 1.165) is 22.4 Å². The van der Waals surface area contributed by atoms with Gasteiger partial charge >= 0.3 is 0 Å². The van der Waals surface area contributed by atoms with E-state index in [1.807, 2.05) is 30.3 Å². The number of nitrogens with zero attached hydrogens (tertiary/aromatic N) is 1. The molecule has 3 nitrogen and oxygen atoms in total. The van der Waals surface area contributed by atoms with Gasteiger partial charge < -0.3 is 5.73 Å². The van der Waals surface area contributed by atoms with Gasteiger partial charge in [0.2, 0.25) is 0 Å². The Morgan fingerprint density at radius 2 is 1.91 bits per heavy atom. The van der Waals surface area contributed by atoms with Crippen molar-refractivity contribution in [3.8, 4) is 0 Å². The lowest BCUT2D eigenvalue weighted by Crippen LogP contribution is -2.29. The molecule has 4 heteroatoms. The number of hydrogen-bond acceptors (Lipinski definition) is 3. The second kappa shape index (κ2) is 5.59. The monoisotopic (exact) mass is 324 g/mol. The molecule has 1 aliphatic carbocycles. The SMILES string of the molecule is NC1N=C(c2cccc(C3CC3)c2)c2cccc(Cl)c2CC1=O. The molecule has 1 heterocycles. The van der Waals surface area contributed by atoms with Gasteiger partial charge in [-0.25, -0.2) is 0 Å². The topological polar surface area (TPSA) is 55.4 Å². The maximum absolute atomic E-state index is 12.2. The smallest absolute Gasteiger partial charge is 0.176 e. The van der Waals surface area contributed by atoms with Gasteiger partial charge in [-0.1, -0.05) is 41.9 Å². The summed E-state index contributed by atoms with van der Waals surface area (Å²) < 4.78 is 0. The van der Waals surface area contributed by atoms with Crippen LogP contribution in [0.1, 0.15) is 41.0 Å². The molecule has 2 aliphatic rings. The van der Waals surface area contributed by atoms with Crippen LogP contribution in [0.15, 0.2) is 47.5 Å². The van der Waals surface area contributed by atoms with Crippen LogP contribution in [-0.2, 0) is 11.2 Å². The minimum Gasteiger partial charge on any atom is -0.303 e. The number of Topliss-reactive ketones (excluding diaryl/α,β-unsaturated/α-hetero) is 1. The van der Waals surface area contributed by atoms with Crippen LogP contribution in [0.5, 0.6) is 0 Å². The zero-order valence-corrected chi connectivity index (χ0v) is 13.4. The van der Waals surface area contributed by atoms with E-state index < -0.39 is 6.17 Å². The standard InChI is InChI=1S/C19H17ClN2O/c20-16-6-2-5-14-15(16)10-17(23)19(21)22-18(14)13-4-1-3-12(9-13)11-7-8-11/h1-6,9,11,19H,7-8,10,21H2. The third kappa shape index (κ3) is 2.71. The third-order valence-electron chi connectivity index (χ3n) is 4.53. The summed E-state index contributed by atoms with van der Waals surface area (Å²) in [6.45, 7) is 0. The number of nitrogens with two attached hydrogens (primary N) is 1. The molecular formula is C19H17ClN2O. The highest BCUT2D eigenvalue weighted by atomic mass is 35.5. The second-order valence-corrected chi connectivity index (χ2v) is 6.64. The Balaban J connectivity index is 1.89. The van der Waals surface area contributed by atoms with Gasteiger partial charge in [-0.15, -0.1) is 0 Å². The van der Waals surface area contributed by atoms with Gasteiger partial charge in [0.15, 0.2) is 11.9 Å². The molecule has 1 saturated carbocycles. The highest BCUT2D eigenvalue weighted by molar-refractivity contribution is 6.32. The lowest BCUT2D eigenvalue weighted by atomic mass is 9.94. The largest absolute Gasteiger partial charge is 0.303 e. The number of rotatable bonds is 2. The first-order chi connectivity index (χ1) is 11.1. The molecule has 0 aromatic heterocycles. The summed E-state index contributed by atoms with van der Waals surface area (Å²) in [5, 5.41) is 0.594. The Hall–Kier alpha value is -1.97. The maximum Gasteiger partial charge on any atom is 0.176 e. The Morgan fingerprint density at radius 3 is 2.70 bits per heavy atom. The van der Waals surface area contributed by atoms with E-state index in [1.165, 1.54) is 18.4 Å². The molecular weight excluding hydrogens is 308 g/mol. The first-order valence-electron chi connectivity index (χ1n) is 7.87. The second-order valence-electron chi connectivity index (χ2n) is 6.23. The normalized spacial score (nSPS) is 20.7. The highest BCUT2D eigenvalue weighted by Gasteiger charge is 2.27. The molecule has 116 valence electrons. The minimum absolute atomic E-state index is 0.104. The average Bonchev–Trinajstić information content (AvgIpc) is 3.39. The fourth-order valence-electron chi connectivity index (χ4n) is 3.11. The van der Waals surface area contributed by atoms with E-state index in [-0.39, 0.29) is 12.2 Å². The van der Waals surface area contributed by atoms with Gasteiger partial charge in [0.1, 0.15) is 0 Å². The van der Waals surface area contributed by atoms with Crippen LogP contribution in [0.4, 0.5) is 0 Å². The Bertz CT molecular complexity index is 824. The predicted octanol–water partition coefficient (Wildman–Crippen LogP) is 3.46. The molecule has 0 saturated heterocycles. The van der Waals surface area contributed by atoms with Crippen molar-refractivity contribution in [3.63, 3.8) is 0 Å². The Labute approximate surface area is 140 Å². The van der Waals surface area contributed by atoms with Crippen molar-refractivity contribution < 1.29 is 4.79 Å². The lowest BCUT2D eigenvalue weighted by molar-refractivity contribution is -0.119. The quantitative estimate of drug-likeness (QED) is 0.919. The van der Waals surface area contributed by atoms with Crippen molar-refractivity contribution in [1.29, 1.82) is 0 Å². The summed E-state index contributed by atoms with van der Waals surface area (Å²) in [7, 11) is 0. The zero-order valence-electron chi connectivity index (χ0n) is 12.6. The molecule has 1 fully saturated rings. The molecule has 1 aliphatic heterocycles. The van der Waals surface area contributed by atoms with E-state index >= 15 is 0 Å². The van der Waals surface area contributed by atoms with E-state index in [2.05, 4.69) is 17.1 Å². The van der Waals surface area contributed by atoms with Crippen LogP contribution in [0.2, 0.25) is 5.02 Å². The van der Waals surface area contributed by atoms with Crippen molar-refractivity contribution >= 4 is 23.1 Å². The fraction of sp³-hybridized carbons (Fsp3) is 0.263. The van der Waals surface area contributed by atoms with E-state index in [1.54, 1.807) is 0 Å². The summed E-state index contributed by atoms with van der Waals surface area (Å²) in [5.41, 5.74) is 10.8. The van der Waals surface area contributed by atoms with Gasteiger partial charge in [0.05, 0.1) is 5.71 Å². The predicted molar refractivity (Wildman–Crippen MR) is 92.2 cm³/mol. The number of ketones is 1. The summed E-state index contributed by atoms with van der Waals surface area (Å²) >= 11 is 6.32. The highest BCUT2D eigenvalue weighted by Crippen LogP contribution is 2.40. The van der Waals surface area contributed by atoms with Gasteiger partial charge in [0.25, 0.3) is 0 Å². The average molecular weight is 325 g/mol. The number of carbonyl (C=O) groups excluding carboxylic acids is 1. The van der Waals surface area contributed by atoms with Crippen molar-refractivity contribution in [2.75, 3.05) is 0 Å². The van der Waals surface area contributed by atoms with Crippen molar-refractivity contribution in [2.24, 2.45) is 10.7 Å². The lowest BCUT2D eigenvalue weighted by Gasteiger charge is -2.12. The molecule has 2 N–H and O–H groups in total. The van der Waals surface area contributed by atoms with Crippen LogP contribution in [0.3, 0.4) is 0 Å². The van der Waals surface area contributed by atoms with Crippen LogP contribution >= 0.6 is 11.6 Å². The number of carbonyl (C=O) groups is 1. The molecule has 0 radical (unpaired) electrons. The number of hydrogen-bond donors (Lipinski definition) is 1. The van der Waals surface area contributed by atoms with Crippen LogP contribution in [0.25, 0.3) is 0 Å². The van der Waals surface area contributed by atoms with E-state index in [0.29, 0.717) is 10.9 Å². The first-order valence-corrected chi connectivity index (χ1v) is 8.25. The summed E-state index contributed by atoms with van der Waals surface area (Å²) in [5.74, 6) is 0.558. The molecule has 0 bridgehead atoms. The van der Waals surface area contributed by atoms with Crippen LogP contribution < -0.4 is 5.73 Å². The van der Waals surface area contributed by atoms with Gasteiger partial charge in [-0.3, -0.25) is 9.79 Å². The third-order valence-corrected chi connectivity index (χ3v) is 4.89. The van der Waals surface area contributed by atoms with Gasteiger partial charge in [0, 0.05) is 22.6 Å². The maximum atomic E-state index is 12.2. The summed E-state index contributed by atoms with van der Waals surface area (Å²) in [6.07, 6.45) is 1.89. The molecule has 0 amide bonds. The van der Waals surface area contributed by atoms with Crippen molar-refractivity contribution in [1.82, 2.24) is 0 Å². The summed E-state index contributed by atoms with van der Waals surface area (Å²) in [4.78, 5) is 16.7. The Kier molecular flexibility index (Phi) is 3.55. The molecule has 2 aromatic rings. The number of fused-ring (bicyclic) bond motifs is 1. The van der Waals surface area contributed by atoms with Crippen molar-refractivity contribution in [2.45, 2.75) is 31.3 Å².